The number of nitrogens with zero attached hydrogens (tertiary/aromatic N) is 2. The van der Waals surface area contributed by atoms with Crippen molar-refractivity contribution in [1.29, 1.82) is 0 Å². The molecular formula is C14H12BrN3S. The van der Waals surface area contributed by atoms with Crippen LogP contribution < -0.4 is 0 Å². The van der Waals surface area contributed by atoms with Crippen LogP contribution in [0.15, 0.2) is 47.1 Å². The van der Waals surface area contributed by atoms with E-state index in [1.165, 1.54) is 0 Å². The topological polar surface area (TPSA) is 33.6 Å². The molecule has 0 aliphatic heterocycles. The summed E-state index contributed by atoms with van der Waals surface area (Å²) < 4.78 is 3.92. The summed E-state index contributed by atoms with van der Waals surface area (Å²) >= 11 is 8.85. The van der Waals surface area contributed by atoms with Gasteiger partial charge in [-0.15, -0.1) is 0 Å². The molecule has 0 radical (unpaired) electrons. The summed E-state index contributed by atoms with van der Waals surface area (Å²) in [5.41, 5.74) is 3.26. The van der Waals surface area contributed by atoms with Gasteiger partial charge >= 0.3 is 0 Å². The number of rotatable bonds is 3. The van der Waals surface area contributed by atoms with Gasteiger partial charge in [0.05, 0.1) is 11.0 Å². The number of hydrogen-bond acceptors (Lipinski definition) is 2. The largest absolute Gasteiger partial charge is 0.331 e. The van der Waals surface area contributed by atoms with Gasteiger partial charge in [-0.1, -0.05) is 22.0 Å². The van der Waals surface area contributed by atoms with E-state index in [4.69, 9.17) is 12.2 Å². The summed E-state index contributed by atoms with van der Waals surface area (Å²) in [5, 5.41) is 0. The fourth-order valence-electron chi connectivity index (χ4n) is 2.13. The van der Waals surface area contributed by atoms with Gasteiger partial charge in [0.25, 0.3) is 0 Å². The van der Waals surface area contributed by atoms with E-state index in [1.807, 2.05) is 36.5 Å². The fourth-order valence-corrected chi connectivity index (χ4v) is 2.79. The van der Waals surface area contributed by atoms with Crippen molar-refractivity contribution in [2.75, 3.05) is 0 Å². The molecule has 3 rings (SSSR count). The van der Waals surface area contributed by atoms with Crippen molar-refractivity contribution in [2.45, 2.75) is 13.0 Å². The van der Waals surface area contributed by atoms with Crippen molar-refractivity contribution in [2.24, 2.45) is 0 Å². The molecule has 3 aromatic rings. The minimum absolute atomic E-state index is 0.754. The van der Waals surface area contributed by atoms with Crippen molar-refractivity contribution >= 4 is 39.2 Å². The molecule has 0 saturated carbocycles. The standard InChI is InChI=1S/C14H12BrN3S/c15-10-4-5-13-12(9-10)17-14(19)18(13)8-6-11-3-1-2-7-16-11/h1-5,7,9H,6,8H2,(H,17,19). The van der Waals surface area contributed by atoms with E-state index in [2.05, 4.69) is 36.5 Å². The van der Waals surface area contributed by atoms with E-state index in [0.29, 0.717) is 0 Å². The molecule has 19 heavy (non-hydrogen) atoms. The highest BCUT2D eigenvalue weighted by molar-refractivity contribution is 9.10. The zero-order valence-electron chi connectivity index (χ0n) is 10.1. The Bertz CT molecular complexity index is 761. The van der Waals surface area contributed by atoms with E-state index in [-0.39, 0.29) is 0 Å². The van der Waals surface area contributed by atoms with Crippen LogP contribution in [0.4, 0.5) is 0 Å². The number of halogens is 1. The van der Waals surface area contributed by atoms with Gasteiger partial charge in [-0.3, -0.25) is 4.98 Å². The molecule has 0 aliphatic rings. The maximum absolute atomic E-state index is 5.38. The van der Waals surface area contributed by atoms with Crippen molar-refractivity contribution < 1.29 is 0 Å². The second-order valence-electron chi connectivity index (χ2n) is 4.31. The third-order valence-electron chi connectivity index (χ3n) is 3.05. The van der Waals surface area contributed by atoms with Crippen LogP contribution >= 0.6 is 28.1 Å². The molecule has 5 heteroatoms. The number of imidazole rings is 1. The minimum Gasteiger partial charge on any atom is -0.331 e. The maximum atomic E-state index is 5.38. The molecule has 0 amide bonds. The van der Waals surface area contributed by atoms with Crippen LogP contribution in [0.3, 0.4) is 0 Å². The Kier molecular flexibility index (Phi) is 3.48. The second kappa shape index (κ2) is 5.27. The van der Waals surface area contributed by atoms with Crippen LogP contribution in [0, 0.1) is 4.77 Å². The Morgan fingerprint density at radius 2 is 2.16 bits per heavy atom. The van der Waals surface area contributed by atoms with Crippen LogP contribution in [-0.4, -0.2) is 14.5 Å². The van der Waals surface area contributed by atoms with Crippen LogP contribution in [-0.2, 0) is 13.0 Å². The number of fused-ring (bicyclic) bond motifs is 1. The average Bonchev–Trinajstić information content (AvgIpc) is 2.72. The van der Waals surface area contributed by atoms with Gasteiger partial charge in [0.15, 0.2) is 4.77 Å². The summed E-state index contributed by atoms with van der Waals surface area (Å²) in [5.74, 6) is 0. The number of aromatic nitrogens is 3. The minimum atomic E-state index is 0.754. The van der Waals surface area contributed by atoms with Crippen molar-refractivity contribution in [1.82, 2.24) is 14.5 Å². The van der Waals surface area contributed by atoms with Crippen molar-refractivity contribution in [3.63, 3.8) is 0 Å². The Morgan fingerprint density at radius 3 is 2.95 bits per heavy atom. The first kappa shape index (κ1) is 12.6. The van der Waals surface area contributed by atoms with Crippen LogP contribution in [0.1, 0.15) is 5.69 Å². The zero-order chi connectivity index (χ0) is 13.2. The number of H-pyrrole nitrogens is 1. The molecule has 96 valence electrons. The normalized spacial score (nSPS) is 11.0. The van der Waals surface area contributed by atoms with Crippen molar-refractivity contribution in [3.8, 4) is 0 Å². The Morgan fingerprint density at radius 1 is 1.26 bits per heavy atom. The highest BCUT2D eigenvalue weighted by atomic mass is 79.9. The summed E-state index contributed by atoms with van der Waals surface area (Å²) in [6.45, 7) is 0.831. The van der Waals surface area contributed by atoms with Gasteiger partial charge in [0.2, 0.25) is 0 Å². The highest BCUT2D eigenvalue weighted by Gasteiger charge is 2.05. The lowest BCUT2D eigenvalue weighted by Crippen LogP contribution is -2.02. The lowest BCUT2D eigenvalue weighted by atomic mass is 10.2. The lowest BCUT2D eigenvalue weighted by Gasteiger charge is -2.04. The molecule has 2 heterocycles. The molecule has 1 N–H and O–H groups in total. The summed E-state index contributed by atoms with van der Waals surface area (Å²) in [7, 11) is 0. The molecule has 0 fully saturated rings. The summed E-state index contributed by atoms with van der Waals surface area (Å²) in [6.07, 6.45) is 2.69. The predicted octanol–water partition coefficient (Wildman–Crippen LogP) is 4.10. The number of hydrogen-bond donors (Lipinski definition) is 1. The Labute approximate surface area is 124 Å². The van der Waals surface area contributed by atoms with E-state index in [0.717, 1.165) is 38.9 Å². The number of benzene rings is 1. The van der Waals surface area contributed by atoms with Gasteiger partial charge < -0.3 is 9.55 Å². The van der Waals surface area contributed by atoms with E-state index in [1.54, 1.807) is 0 Å². The third-order valence-corrected chi connectivity index (χ3v) is 3.87. The van der Waals surface area contributed by atoms with Crippen LogP contribution in [0.25, 0.3) is 11.0 Å². The van der Waals surface area contributed by atoms with E-state index in [9.17, 15) is 0 Å². The van der Waals surface area contributed by atoms with E-state index >= 15 is 0 Å². The van der Waals surface area contributed by atoms with Crippen LogP contribution in [0.2, 0.25) is 0 Å². The van der Waals surface area contributed by atoms with Gasteiger partial charge in [-0.2, -0.15) is 0 Å². The third kappa shape index (κ3) is 2.62. The molecule has 0 bridgehead atoms. The number of pyridine rings is 1. The summed E-state index contributed by atoms with van der Waals surface area (Å²) in [6, 6.07) is 12.1. The Balaban J connectivity index is 1.93. The second-order valence-corrected chi connectivity index (χ2v) is 5.62. The smallest absolute Gasteiger partial charge is 0.178 e. The average molecular weight is 334 g/mol. The number of aromatic amines is 1. The van der Waals surface area contributed by atoms with Gasteiger partial charge in [0.1, 0.15) is 0 Å². The first-order chi connectivity index (χ1) is 9.24. The molecule has 0 atom stereocenters. The number of aryl methyl sites for hydroxylation is 2. The quantitative estimate of drug-likeness (QED) is 0.732. The molecule has 3 nitrogen and oxygen atoms in total. The van der Waals surface area contributed by atoms with Gasteiger partial charge in [-0.05, 0) is 42.5 Å². The first-order valence-corrected chi connectivity index (χ1v) is 7.22. The molecule has 0 unspecified atom stereocenters. The molecule has 0 aliphatic carbocycles. The SMILES string of the molecule is S=c1[nH]c2cc(Br)ccc2n1CCc1ccccn1. The van der Waals surface area contributed by atoms with Gasteiger partial charge in [-0.25, -0.2) is 0 Å². The molecule has 0 spiro atoms. The zero-order valence-corrected chi connectivity index (χ0v) is 12.5. The van der Waals surface area contributed by atoms with Crippen LogP contribution in [0.5, 0.6) is 0 Å². The maximum Gasteiger partial charge on any atom is 0.178 e. The Hall–Kier alpha value is -1.46. The molecular weight excluding hydrogens is 322 g/mol. The molecule has 2 aromatic heterocycles. The monoisotopic (exact) mass is 333 g/mol. The predicted molar refractivity (Wildman–Crippen MR) is 82.8 cm³/mol. The van der Waals surface area contributed by atoms with E-state index < -0.39 is 0 Å². The molecule has 1 aromatic carbocycles. The fraction of sp³-hybridized carbons (Fsp3) is 0.143. The summed E-state index contributed by atoms with van der Waals surface area (Å²) in [4.78, 5) is 7.57. The number of nitrogens with one attached hydrogen (secondary N) is 1. The first-order valence-electron chi connectivity index (χ1n) is 6.02. The van der Waals surface area contributed by atoms with Crippen molar-refractivity contribution in [3.05, 3.63) is 57.5 Å². The van der Waals surface area contributed by atoms with Gasteiger partial charge in [0, 0.05) is 29.3 Å². The molecule has 0 saturated heterocycles. The lowest BCUT2D eigenvalue weighted by molar-refractivity contribution is 0.695. The highest BCUT2D eigenvalue weighted by Crippen LogP contribution is 2.19.